The summed E-state index contributed by atoms with van der Waals surface area (Å²) in [7, 11) is 1.55. The third-order valence-corrected chi connectivity index (χ3v) is 3.67. The predicted molar refractivity (Wildman–Crippen MR) is 111 cm³/mol. The van der Waals surface area contributed by atoms with Gasteiger partial charge in [0.1, 0.15) is 11.5 Å². The molecule has 7 nitrogen and oxygen atoms in total. The van der Waals surface area contributed by atoms with Crippen LogP contribution in [-0.4, -0.2) is 30.6 Å². The van der Waals surface area contributed by atoms with E-state index < -0.39 is 11.8 Å². The molecule has 28 heavy (non-hydrogen) atoms. The second-order valence-electron chi connectivity index (χ2n) is 5.67. The Morgan fingerprint density at radius 1 is 1.11 bits per heavy atom. The fourth-order valence-corrected chi connectivity index (χ4v) is 2.32. The Bertz CT molecular complexity index is 883. The molecule has 0 atom stereocenters. The van der Waals surface area contributed by atoms with Crippen molar-refractivity contribution in [3.63, 3.8) is 0 Å². The molecule has 2 aromatic carbocycles. The minimum Gasteiger partial charge on any atom is -0.496 e. The van der Waals surface area contributed by atoms with E-state index in [0.717, 1.165) is 11.1 Å². The third kappa shape index (κ3) is 7.08. The van der Waals surface area contributed by atoms with Crippen LogP contribution in [0.3, 0.4) is 0 Å². The average molecular weight is 399 g/mol. The fraction of sp³-hybridized carbons (Fsp3) is 0.150. The van der Waals surface area contributed by atoms with E-state index in [2.05, 4.69) is 16.2 Å². The van der Waals surface area contributed by atoms with E-state index in [1.807, 2.05) is 43.3 Å². The summed E-state index contributed by atoms with van der Waals surface area (Å²) in [6, 6.07) is 14.6. The lowest BCUT2D eigenvalue weighted by Gasteiger charge is -2.11. The standard InChI is InChI=1S/C20H21N3O4S/c1-14-6-5-8-16(12-14)27-13-19(25)22-23-20(28)21-18(24)11-10-15-7-3-4-9-17(15)26-2/h3-12H,13H2,1-2H3,(H,22,25)(H2,21,23,24,28)/b11-10+. The van der Waals surface area contributed by atoms with E-state index >= 15 is 0 Å². The third-order valence-electron chi connectivity index (χ3n) is 3.46. The van der Waals surface area contributed by atoms with Crippen LogP contribution in [0.4, 0.5) is 0 Å². The van der Waals surface area contributed by atoms with Crippen LogP contribution >= 0.6 is 12.2 Å². The van der Waals surface area contributed by atoms with Crippen molar-refractivity contribution in [2.24, 2.45) is 0 Å². The van der Waals surface area contributed by atoms with Crippen LogP contribution in [0.5, 0.6) is 11.5 Å². The summed E-state index contributed by atoms with van der Waals surface area (Å²) < 4.78 is 10.6. The summed E-state index contributed by atoms with van der Waals surface area (Å²) in [4.78, 5) is 23.7. The van der Waals surface area contributed by atoms with Crippen molar-refractivity contribution >= 4 is 35.2 Å². The van der Waals surface area contributed by atoms with Crippen molar-refractivity contribution in [1.29, 1.82) is 0 Å². The Kier molecular flexibility index (Phi) is 7.98. The zero-order valence-corrected chi connectivity index (χ0v) is 16.3. The first kappa shape index (κ1) is 20.9. The zero-order valence-electron chi connectivity index (χ0n) is 15.5. The number of carbonyl (C=O) groups is 2. The van der Waals surface area contributed by atoms with Gasteiger partial charge in [0.2, 0.25) is 5.91 Å². The number of benzene rings is 2. The lowest BCUT2D eigenvalue weighted by Crippen LogP contribution is -2.49. The van der Waals surface area contributed by atoms with E-state index in [-0.39, 0.29) is 11.7 Å². The van der Waals surface area contributed by atoms with Gasteiger partial charge in [-0.1, -0.05) is 30.3 Å². The Morgan fingerprint density at radius 3 is 2.64 bits per heavy atom. The molecular weight excluding hydrogens is 378 g/mol. The lowest BCUT2D eigenvalue weighted by molar-refractivity contribution is -0.123. The summed E-state index contributed by atoms with van der Waals surface area (Å²) in [6.45, 7) is 1.73. The summed E-state index contributed by atoms with van der Waals surface area (Å²) in [5.74, 6) is 0.344. The predicted octanol–water partition coefficient (Wildman–Crippen LogP) is 2.12. The van der Waals surface area contributed by atoms with E-state index in [4.69, 9.17) is 21.7 Å². The first-order valence-electron chi connectivity index (χ1n) is 8.38. The minimum absolute atomic E-state index is 0.0430. The molecule has 0 spiro atoms. The van der Waals surface area contributed by atoms with Gasteiger partial charge in [0.25, 0.3) is 5.91 Å². The Labute approximate surface area is 168 Å². The normalized spacial score (nSPS) is 10.2. The molecule has 0 saturated heterocycles. The molecule has 0 fully saturated rings. The number of rotatable bonds is 6. The van der Waals surface area contributed by atoms with Gasteiger partial charge in [-0.15, -0.1) is 0 Å². The van der Waals surface area contributed by atoms with Crippen molar-refractivity contribution in [2.75, 3.05) is 13.7 Å². The van der Waals surface area contributed by atoms with Crippen molar-refractivity contribution in [3.8, 4) is 11.5 Å². The quantitative estimate of drug-likeness (QED) is 0.392. The highest BCUT2D eigenvalue weighted by Gasteiger charge is 2.06. The first-order chi connectivity index (χ1) is 13.5. The Morgan fingerprint density at radius 2 is 1.89 bits per heavy atom. The molecule has 0 aliphatic carbocycles. The first-order valence-corrected chi connectivity index (χ1v) is 8.79. The maximum absolute atomic E-state index is 11.9. The van der Waals surface area contributed by atoms with Crippen molar-refractivity contribution in [3.05, 3.63) is 65.7 Å². The summed E-state index contributed by atoms with van der Waals surface area (Å²) in [5.41, 5.74) is 6.57. The fourth-order valence-electron chi connectivity index (χ4n) is 2.17. The number of hydrogen-bond acceptors (Lipinski definition) is 5. The molecule has 3 N–H and O–H groups in total. The van der Waals surface area contributed by atoms with Gasteiger partial charge in [-0.25, -0.2) is 0 Å². The van der Waals surface area contributed by atoms with E-state index in [0.29, 0.717) is 11.5 Å². The summed E-state index contributed by atoms with van der Waals surface area (Å²) in [6.07, 6.45) is 2.92. The molecule has 2 amide bonds. The monoisotopic (exact) mass is 399 g/mol. The largest absolute Gasteiger partial charge is 0.496 e. The van der Waals surface area contributed by atoms with Gasteiger partial charge in [0.15, 0.2) is 11.7 Å². The van der Waals surface area contributed by atoms with Gasteiger partial charge in [-0.05, 0) is 49.0 Å². The van der Waals surface area contributed by atoms with Gasteiger partial charge < -0.3 is 9.47 Å². The molecule has 2 aromatic rings. The number of methoxy groups -OCH3 is 1. The van der Waals surface area contributed by atoms with Crippen molar-refractivity contribution in [1.82, 2.24) is 16.2 Å². The highest BCUT2D eigenvalue weighted by molar-refractivity contribution is 7.80. The van der Waals surface area contributed by atoms with Gasteiger partial charge >= 0.3 is 0 Å². The number of nitrogens with one attached hydrogen (secondary N) is 3. The molecular formula is C20H21N3O4S. The van der Waals surface area contributed by atoms with Crippen molar-refractivity contribution < 1.29 is 19.1 Å². The van der Waals surface area contributed by atoms with Crippen LogP contribution in [-0.2, 0) is 9.59 Å². The number of hydrogen-bond donors (Lipinski definition) is 3. The van der Waals surface area contributed by atoms with E-state index in [1.54, 1.807) is 25.3 Å². The molecule has 0 aliphatic rings. The number of para-hydroxylation sites is 1. The molecule has 146 valence electrons. The molecule has 8 heteroatoms. The molecule has 0 saturated carbocycles. The number of thiocarbonyl (C=S) groups is 1. The minimum atomic E-state index is -0.450. The number of aryl methyl sites for hydroxylation is 1. The molecule has 2 rings (SSSR count). The smallest absolute Gasteiger partial charge is 0.276 e. The van der Waals surface area contributed by atoms with Crippen LogP contribution in [0.2, 0.25) is 0 Å². The van der Waals surface area contributed by atoms with Gasteiger partial charge in [-0.2, -0.15) is 0 Å². The Hall–Kier alpha value is -3.39. The van der Waals surface area contributed by atoms with E-state index in [1.165, 1.54) is 6.08 Å². The molecule has 0 aromatic heterocycles. The highest BCUT2D eigenvalue weighted by atomic mass is 32.1. The van der Waals surface area contributed by atoms with Crippen LogP contribution in [0.25, 0.3) is 6.08 Å². The number of ether oxygens (including phenoxy) is 2. The van der Waals surface area contributed by atoms with Crippen molar-refractivity contribution in [2.45, 2.75) is 6.92 Å². The van der Waals surface area contributed by atoms with E-state index in [9.17, 15) is 9.59 Å². The second-order valence-corrected chi connectivity index (χ2v) is 6.08. The molecule has 0 heterocycles. The van der Waals surface area contributed by atoms with Crippen LogP contribution in [0, 0.1) is 6.92 Å². The number of amides is 2. The number of carbonyl (C=O) groups excluding carboxylic acids is 2. The Balaban J connectivity index is 1.73. The second kappa shape index (κ2) is 10.7. The topological polar surface area (TPSA) is 88.7 Å². The molecule has 0 radical (unpaired) electrons. The van der Waals surface area contributed by atoms with Crippen LogP contribution in [0.1, 0.15) is 11.1 Å². The number of hydrazine groups is 1. The van der Waals surface area contributed by atoms with Gasteiger partial charge in [-0.3, -0.25) is 25.8 Å². The molecule has 0 unspecified atom stereocenters. The summed E-state index contributed by atoms with van der Waals surface area (Å²) >= 11 is 4.97. The SMILES string of the molecule is COc1ccccc1/C=C/C(=O)NC(=S)NNC(=O)COc1cccc(C)c1. The lowest BCUT2D eigenvalue weighted by atomic mass is 10.2. The van der Waals surface area contributed by atoms with Crippen LogP contribution < -0.4 is 25.6 Å². The summed E-state index contributed by atoms with van der Waals surface area (Å²) in [5, 5.41) is 2.38. The van der Waals surface area contributed by atoms with Crippen LogP contribution in [0.15, 0.2) is 54.6 Å². The molecule has 0 bridgehead atoms. The van der Waals surface area contributed by atoms with Gasteiger partial charge in [0, 0.05) is 11.6 Å². The zero-order chi connectivity index (χ0) is 20.4. The average Bonchev–Trinajstić information content (AvgIpc) is 2.69. The maximum atomic E-state index is 11.9. The molecule has 0 aliphatic heterocycles. The van der Waals surface area contributed by atoms with Gasteiger partial charge in [0.05, 0.1) is 7.11 Å². The maximum Gasteiger partial charge on any atom is 0.276 e. The highest BCUT2D eigenvalue weighted by Crippen LogP contribution is 2.18.